The monoisotopic (exact) mass is 477 g/mol. The Morgan fingerprint density at radius 3 is 2.37 bits per heavy atom. The predicted molar refractivity (Wildman–Crippen MR) is 133 cm³/mol. The van der Waals surface area contributed by atoms with E-state index in [4.69, 9.17) is 14.5 Å². The number of para-hydroxylation sites is 1. The number of hydrogen-bond donors (Lipinski definition) is 1. The summed E-state index contributed by atoms with van der Waals surface area (Å²) in [5.74, 6) is 1.97. The molecule has 182 valence electrons. The molecular weight excluding hydrogens is 449 g/mol. The van der Waals surface area contributed by atoms with Crippen molar-refractivity contribution in [3.8, 4) is 5.75 Å². The van der Waals surface area contributed by atoms with Crippen LogP contribution in [0, 0.1) is 5.82 Å². The summed E-state index contributed by atoms with van der Waals surface area (Å²) in [4.78, 5) is 18.2. The van der Waals surface area contributed by atoms with Gasteiger partial charge in [-0.3, -0.25) is 0 Å². The van der Waals surface area contributed by atoms with Crippen LogP contribution in [0.5, 0.6) is 5.75 Å². The highest BCUT2D eigenvalue weighted by Gasteiger charge is 2.21. The van der Waals surface area contributed by atoms with Crippen molar-refractivity contribution in [2.75, 3.05) is 54.6 Å². The number of nitrogens with zero attached hydrogens (tertiary/aromatic N) is 6. The molecule has 0 saturated carbocycles. The van der Waals surface area contributed by atoms with E-state index < -0.39 is 0 Å². The maximum atomic E-state index is 13.9. The second kappa shape index (κ2) is 11.1. The van der Waals surface area contributed by atoms with Gasteiger partial charge in [0.1, 0.15) is 18.2 Å². The molecule has 2 saturated heterocycles. The van der Waals surface area contributed by atoms with Gasteiger partial charge in [-0.25, -0.2) is 9.82 Å². The van der Waals surface area contributed by atoms with Gasteiger partial charge in [-0.15, -0.1) is 0 Å². The topological polar surface area (TPSA) is 88.0 Å². The van der Waals surface area contributed by atoms with Gasteiger partial charge in [0.15, 0.2) is 0 Å². The molecule has 0 bridgehead atoms. The number of ether oxygens (including phenoxy) is 2. The van der Waals surface area contributed by atoms with Gasteiger partial charge < -0.3 is 19.3 Å². The van der Waals surface area contributed by atoms with Crippen molar-refractivity contribution < 1.29 is 13.9 Å². The Bertz CT molecular complexity index is 1160. The first-order valence-electron chi connectivity index (χ1n) is 11.8. The zero-order chi connectivity index (χ0) is 23.9. The van der Waals surface area contributed by atoms with E-state index in [2.05, 4.69) is 30.3 Å². The molecule has 0 atom stereocenters. The molecule has 2 aliphatic heterocycles. The van der Waals surface area contributed by atoms with Crippen molar-refractivity contribution in [2.24, 2.45) is 5.10 Å². The van der Waals surface area contributed by atoms with Gasteiger partial charge >= 0.3 is 0 Å². The Labute approximate surface area is 203 Å². The number of halogens is 1. The van der Waals surface area contributed by atoms with Crippen molar-refractivity contribution in [1.82, 2.24) is 15.0 Å². The Morgan fingerprint density at radius 2 is 1.60 bits per heavy atom. The van der Waals surface area contributed by atoms with Gasteiger partial charge in [-0.05, 0) is 31.0 Å². The summed E-state index contributed by atoms with van der Waals surface area (Å²) >= 11 is 0. The molecular formula is C25H28FN7O2. The summed E-state index contributed by atoms with van der Waals surface area (Å²) in [6.45, 7) is 4.76. The van der Waals surface area contributed by atoms with E-state index in [1.54, 1.807) is 24.4 Å². The molecule has 9 nitrogen and oxygen atoms in total. The number of anilines is 3. The first-order chi connectivity index (χ1) is 17.3. The fourth-order valence-corrected chi connectivity index (χ4v) is 4.02. The molecule has 5 rings (SSSR count). The lowest BCUT2D eigenvalue weighted by Gasteiger charge is -2.27. The van der Waals surface area contributed by atoms with Gasteiger partial charge in [-0.2, -0.15) is 20.1 Å². The fourth-order valence-electron chi connectivity index (χ4n) is 4.02. The van der Waals surface area contributed by atoms with Crippen molar-refractivity contribution in [3.63, 3.8) is 0 Å². The number of hydrazone groups is 1. The first-order valence-corrected chi connectivity index (χ1v) is 11.8. The average molecular weight is 478 g/mol. The van der Waals surface area contributed by atoms with Crippen LogP contribution in [0.1, 0.15) is 24.0 Å². The summed E-state index contributed by atoms with van der Waals surface area (Å²) < 4.78 is 25.3. The number of benzene rings is 2. The molecule has 2 fully saturated rings. The van der Waals surface area contributed by atoms with Crippen LogP contribution in [0.25, 0.3) is 0 Å². The number of aromatic nitrogens is 3. The van der Waals surface area contributed by atoms with Crippen LogP contribution >= 0.6 is 0 Å². The van der Waals surface area contributed by atoms with Crippen LogP contribution in [0.2, 0.25) is 0 Å². The highest BCUT2D eigenvalue weighted by atomic mass is 19.1. The summed E-state index contributed by atoms with van der Waals surface area (Å²) in [5.41, 5.74) is 4.20. The third kappa shape index (κ3) is 5.83. The van der Waals surface area contributed by atoms with Gasteiger partial charge in [0.2, 0.25) is 17.8 Å². The standard InChI is InChI=1S/C25H28FN7O2/c26-21-9-3-1-8-20(21)18-35-22-10-4-2-7-19(22)17-27-31-23-28-24(32-11-5-6-12-32)30-25(29-23)33-13-15-34-16-14-33/h1-4,7-10,17H,5-6,11-16,18H2,(H,28,29,30,31)/b27-17-. The minimum Gasteiger partial charge on any atom is -0.488 e. The van der Waals surface area contributed by atoms with Crippen molar-refractivity contribution in [2.45, 2.75) is 19.4 Å². The largest absolute Gasteiger partial charge is 0.488 e. The molecule has 35 heavy (non-hydrogen) atoms. The van der Waals surface area contributed by atoms with Crippen molar-refractivity contribution in [1.29, 1.82) is 0 Å². The smallest absolute Gasteiger partial charge is 0.250 e. The van der Waals surface area contributed by atoms with E-state index in [-0.39, 0.29) is 12.4 Å². The molecule has 1 N–H and O–H groups in total. The number of nitrogens with one attached hydrogen (secondary N) is 1. The number of rotatable bonds is 8. The summed E-state index contributed by atoms with van der Waals surface area (Å²) in [6.07, 6.45) is 3.90. The molecule has 3 aromatic rings. The Kier molecular flexibility index (Phi) is 7.28. The van der Waals surface area contributed by atoms with Crippen LogP contribution < -0.4 is 20.0 Å². The summed E-state index contributed by atoms with van der Waals surface area (Å²) in [7, 11) is 0. The van der Waals surface area contributed by atoms with E-state index in [0.29, 0.717) is 42.4 Å². The summed E-state index contributed by atoms with van der Waals surface area (Å²) in [6, 6.07) is 14.0. The molecule has 2 aliphatic rings. The minimum atomic E-state index is -0.292. The van der Waals surface area contributed by atoms with Gasteiger partial charge in [0, 0.05) is 37.3 Å². The van der Waals surface area contributed by atoms with Crippen molar-refractivity contribution >= 4 is 24.1 Å². The maximum Gasteiger partial charge on any atom is 0.250 e. The average Bonchev–Trinajstić information content (AvgIpc) is 3.45. The van der Waals surface area contributed by atoms with E-state index in [0.717, 1.165) is 44.6 Å². The van der Waals surface area contributed by atoms with Crippen molar-refractivity contribution in [3.05, 3.63) is 65.5 Å². The Morgan fingerprint density at radius 1 is 0.914 bits per heavy atom. The van der Waals surface area contributed by atoms with Gasteiger partial charge in [0.25, 0.3) is 0 Å². The van der Waals surface area contributed by atoms with E-state index in [1.807, 2.05) is 24.3 Å². The lowest BCUT2D eigenvalue weighted by molar-refractivity contribution is 0.122. The zero-order valence-electron chi connectivity index (χ0n) is 19.4. The van der Waals surface area contributed by atoms with E-state index in [9.17, 15) is 4.39 Å². The maximum absolute atomic E-state index is 13.9. The lowest BCUT2D eigenvalue weighted by Crippen LogP contribution is -2.38. The van der Waals surface area contributed by atoms with Crippen LogP contribution in [0.4, 0.5) is 22.2 Å². The first kappa shape index (κ1) is 23.0. The third-order valence-corrected chi connectivity index (χ3v) is 5.92. The second-order valence-electron chi connectivity index (χ2n) is 8.34. The Hall–Kier alpha value is -3.79. The molecule has 3 heterocycles. The molecule has 0 radical (unpaired) electrons. The highest BCUT2D eigenvalue weighted by molar-refractivity contribution is 5.83. The lowest BCUT2D eigenvalue weighted by atomic mass is 10.2. The van der Waals surface area contributed by atoms with Crippen LogP contribution in [-0.2, 0) is 11.3 Å². The zero-order valence-corrected chi connectivity index (χ0v) is 19.4. The number of hydrogen-bond acceptors (Lipinski definition) is 9. The van der Waals surface area contributed by atoms with Gasteiger partial charge in [0.05, 0.1) is 19.4 Å². The Balaban J connectivity index is 1.31. The van der Waals surface area contributed by atoms with E-state index >= 15 is 0 Å². The predicted octanol–water partition coefficient (Wildman–Crippen LogP) is 3.47. The van der Waals surface area contributed by atoms with Gasteiger partial charge in [-0.1, -0.05) is 30.3 Å². The summed E-state index contributed by atoms with van der Waals surface area (Å²) in [5, 5.41) is 4.36. The van der Waals surface area contributed by atoms with Crippen LogP contribution in [0.15, 0.2) is 53.6 Å². The SMILES string of the molecule is Fc1ccccc1COc1ccccc1/C=N\Nc1nc(N2CCCC2)nc(N2CCOCC2)n1. The van der Waals surface area contributed by atoms with Crippen LogP contribution in [0.3, 0.4) is 0 Å². The molecule has 0 aliphatic carbocycles. The molecule has 2 aromatic carbocycles. The highest BCUT2D eigenvalue weighted by Crippen LogP contribution is 2.22. The molecule has 1 aromatic heterocycles. The molecule has 10 heteroatoms. The fraction of sp³-hybridized carbons (Fsp3) is 0.360. The number of morpholine rings is 1. The van der Waals surface area contributed by atoms with E-state index in [1.165, 1.54) is 6.07 Å². The molecule has 0 spiro atoms. The quantitative estimate of drug-likeness (QED) is 0.390. The third-order valence-electron chi connectivity index (χ3n) is 5.92. The second-order valence-corrected chi connectivity index (χ2v) is 8.34. The molecule has 0 amide bonds. The van der Waals surface area contributed by atoms with Crippen LogP contribution in [-0.4, -0.2) is 60.6 Å². The normalized spacial score (nSPS) is 16.1. The molecule has 0 unspecified atom stereocenters. The minimum absolute atomic E-state index is 0.126.